The number of nitrogens with two attached hydrogens (primary N) is 1. The van der Waals surface area contributed by atoms with Crippen molar-refractivity contribution in [2.45, 2.75) is 25.3 Å². The van der Waals surface area contributed by atoms with Gasteiger partial charge in [0.1, 0.15) is 0 Å². The number of amides is 1. The fraction of sp³-hybridized carbons (Fsp3) is 0.500. The number of piperidine rings is 1. The van der Waals surface area contributed by atoms with E-state index in [0.29, 0.717) is 19.0 Å². The quantitative estimate of drug-likeness (QED) is 0.820. The molecule has 1 fully saturated rings. The predicted molar refractivity (Wildman–Crippen MR) is 73.5 cm³/mol. The van der Waals surface area contributed by atoms with Crippen molar-refractivity contribution in [2.24, 2.45) is 5.73 Å². The summed E-state index contributed by atoms with van der Waals surface area (Å²) in [7, 11) is 0. The van der Waals surface area contributed by atoms with Crippen molar-refractivity contribution in [1.82, 2.24) is 5.32 Å². The summed E-state index contributed by atoms with van der Waals surface area (Å²) >= 11 is 0. The third-order valence-corrected chi connectivity index (χ3v) is 3.42. The van der Waals surface area contributed by atoms with E-state index < -0.39 is 0 Å². The van der Waals surface area contributed by atoms with Crippen molar-refractivity contribution >= 4 is 11.6 Å². The van der Waals surface area contributed by atoms with Gasteiger partial charge in [-0.05, 0) is 25.0 Å². The third-order valence-electron chi connectivity index (χ3n) is 3.42. The summed E-state index contributed by atoms with van der Waals surface area (Å²) in [6.45, 7) is 2.84. The van der Waals surface area contributed by atoms with Gasteiger partial charge in [-0.2, -0.15) is 0 Å². The van der Waals surface area contributed by atoms with Crippen LogP contribution in [0, 0.1) is 0 Å². The lowest BCUT2D eigenvalue weighted by Gasteiger charge is -2.34. The fourth-order valence-corrected chi connectivity index (χ4v) is 2.38. The summed E-state index contributed by atoms with van der Waals surface area (Å²) in [6, 6.07) is 11.0. The summed E-state index contributed by atoms with van der Waals surface area (Å²) in [5.41, 5.74) is 6.42. The first-order valence-electron chi connectivity index (χ1n) is 6.57. The SMILES string of the molecule is NC(=O)CCNC1CCN(c2ccccc2)CC1. The van der Waals surface area contributed by atoms with E-state index in [0.717, 1.165) is 25.9 Å². The average Bonchev–Trinajstić information content (AvgIpc) is 2.40. The molecule has 98 valence electrons. The zero-order valence-corrected chi connectivity index (χ0v) is 10.6. The number of nitrogens with one attached hydrogen (secondary N) is 1. The van der Waals surface area contributed by atoms with Crippen molar-refractivity contribution in [3.8, 4) is 0 Å². The lowest BCUT2D eigenvalue weighted by atomic mass is 10.0. The largest absolute Gasteiger partial charge is 0.371 e. The van der Waals surface area contributed by atoms with Gasteiger partial charge in [0.15, 0.2) is 0 Å². The zero-order chi connectivity index (χ0) is 12.8. The number of rotatable bonds is 5. The summed E-state index contributed by atoms with van der Waals surface area (Å²) in [5.74, 6) is -0.232. The third kappa shape index (κ3) is 3.74. The van der Waals surface area contributed by atoms with Crippen LogP contribution in [0.3, 0.4) is 0 Å². The second-order valence-electron chi connectivity index (χ2n) is 4.77. The molecule has 1 amide bonds. The summed E-state index contributed by atoms with van der Waals surface area (Å²) in [4.78, 5) is 13.1. The van der Waals surface area contributed by atoms with Gasteiger partial charge in [-0.15, -0.1) is 0 Å². The number of para-hydroxylation sites is 1. The van der Waals surface area contributed by atoms with Crippen LogP contribution in [-0.4, -0.2) is 31.6 Å². The molecular weight excluding hydrogens is 226 g/mol. The Balaban J connectivity index is 1.73. The number of anilines is 1. The number of benzene rings is 1. The Hall–Kier alpha value is -1.55. The molecule has 3 N–H and O–H groups in total. The van der Waals surface area contributed by atoms with E-state index in [1.54, 1.807) is 0 Å². The Bertz CT molecular complexity index is 372. The maximum absolute atomic E-state index is 10.7. The molecule has 0 aliphatic carbocycles. The molecule has 4 heteroatoms. The second kappa shape index (κ2) is 6.40. The van der Waals surface area contributed by atoms with Crippen LogP contribution in [0.2, 0.25) is 0 Å². The molecule has 1 aromatic carbocycles. The highest BCUT2D eigenvalue weighted by Gasteiger charge is 2.18. The van der Waals surface area contributed by atoms with Crippen LogP contribution < -0.4 is 16.0 Å². The molecule has 1 saturated heterocycles. The van der Waals surface area contributed by atoms with Gasteiger partial charge in [0, 0.05) is 37.8 Å². The molecule has 0 unspecified atom stereocenters. The highest BCUT2D eigenvalue weighted by atomic mass is 16.1. The number of hydrogen-bond donors (Lipinski definition) is 2. The topological polar surface area (TPSA) is 58.4 Å². The highest BCUT2D eigenvalue weighted by Crippen LogP contribution is 2.19. The highest BCUT2D eigenvalue weighted by molar-refractivity contribution is 5.73. The van der Waals surface area contributed by atoms with E-state index in [4.69, 9.17) is 5.73 Å². The van der Waals surface area contributed by atoms with Gasteiger partial charge in [-0.1, -0.05) is 18.2 Å². The smallest absolute Gasteiger partial charge is 0.218 e. The lowest BCUT2D eigenvalue weighted by molar-refractivity contribution is -0.117. The molecule has 1 aliphatic rings. The first-order chi connectivity index (χ1) is 8.75. The van der Waals surface area contributed by atoms with Crippen LogP contribution in [0.1, 0.15) is 19.3 Å². The number of primary amides is 1. The van der Waals surface area contributed by atoms with E-state index in [1.165, 1.54) is 5.69 Å². The van der Waals surface area contributed by atoms with Gasteiger partial charge in [-0.25, -0.2) is 0 Å². The van der Waals surface area contributed by atoms with Crippen LogP contribution in [0.15, 0.2) is 30.3 Å². The van der Waals surface area contributed by atoms with Crippen LogP contribution in [0.25, 0.3) is 0 Å². The Labute approximate surface area is 108 Å². The van der Waals surface area contributed by atoms with E-state index in [1.807, 2.05) is 6.07 Å². The van der Waals surface area contributed by atoms with Crippen LogP contribution in [0.4, 0.5) is 5.69 Å². The minimum atomic E-state index is -0.232. The predicted octanol–water partition coefficient (Wildman–Crippen LogP) is 1.12. The minimum absolute atomic E-state index is 0.232. The van der Waals surface area contributed by atoms with Gasteiger partial charge >= 0.3 is 0 Å². The fourth-order valence-electron chi connectivity index (χ4n) is 2.38. The Kier molecular flexibility index (Phi) is 4.59. The Morgan fingerprint density at radius 2 is 1.94 bits per heavy atom. The number of carbonyl (C=O) groups excluding carboxylic acids is 1. The molecule has 18 heavy (non-hydrogen) atoms. The molecule has 0 spiro atoms. The van der Waals surface area contributed by atoms with E-state index in [9.17, 15) is 4.79 Å². The van der Waals surface area contributed by atoms with Gasteiger partial charge < -0.3 is 16.0 Å². The van der Waals surface area contributed by atoms with Crippen molar-refractivity contribution < 1.29 is 4.79 Å². The first kappa shape index (κ1) is 12.9. The standard InChI is InChI=1S/C14H21N3O/c15-14(18)6-9-16-12-7-10-17(11-8-12)13-4-2-1-3-5-13/h1-5,12,16H,6-11H2,(H2,15,18). The Morgan fingerprint density at radius 1 is 1.28 bits per heavy atom. The molecule has 1 aliphatic heterocycles. The van der Waals surface area contributed by atoms with Gasteiger partial charge in [-0.3, -0.25) is 4.79 Å². The van der Waals surface area contributed by atoms with Crippen molar-refractivity contribution in [3.63, 3.8) is 0 Å². The maximum Gasteiger partial charge on any atom is 0.218 e. The summed E-state index contributed by atoms with van der Waals surface area (Å²) in [6.07, 6.45) is 2.67. The molecule has 4 nitrogen and oxygen atoms in total. The van der Waals surface area contributed by atoms with Crippen LogP contribution >= 0.6 is 0 Å². The van der Waals surface area contributed by atoms with E-state index >= 15 is 0 Å². The average molecular weight is 247 g/mol. The molecule has 0 atom stereocenters. The summed E-state index contributed by atoms with van der Waals surface area (Å²) in [5, 5.41) is 3.40. The number of hydrogen-bond acceptors (Lipinski definition) is 3. The monoisotopic (exact) mass is 247 g/mol. The van der Waals surface area contributed by atoms with E-state index in [2.05, 4.69) is 34.5 Å². The molecule has 1 aromatic rings. The molecule has 2 rings (SSSR count). The molecule has 0 aromatic heterocycles. The second-order valence-corrected chi connectivity index (χ2v) is 4.77. The van der Waals surface area contributed by atoms with Gasteiger partial charge in [0.05, 0.1) is 0 Å². The number of nitrogens with zero attached hydrogens (tertiary/aromatic N) is 1. The van der Waals surface area contributed by atoms with Gasteiger partial charge in [0.2, 0.25) is 5.91 Å². The zero-order valence-electron chi connectivity index (χ0n) is 10.6. The minimum Gasteiger partial charge on any atom is -0.371 e. The van der Waals surface area contributed by atoms with Crippen LogP contribution in [-0.2, 0) is 4.79 Å². The van der Waals surface area contributed by atoms with Crippen molar-refractivity contribution in [3.05, 3.63) is 30.3 Å². The lowest BCUT2D eigenvalue weighted by Crippen LogP contribution is -2.43. The van der Waals surface area contributed by atoms with Crippen LogP contribution in [0.5, 0.6) is 0 Å². The van der Waals surface area contributed by atoms with E-state index in [-0.39, 0.29) is 5.91 Å². The molecule has 0 saturated carbocycles. The number of carbonyl (C=O) groups is 1. The molecule has 0 bridgehead atoms. The first-order valence-corrected chi connectivity index (χ1v) is 6.57. The maximum atomic E-state index is 10.7. The van der Waals surface area contributed by atoms with Crippen molar-refractivity contribution in [1.29, 1.82) is 0 Å². The molecule has 0 radical (unpaired) electrons. The normalized spacial score (nSPS) is 16.8. The Morgan fingerprint density at radius 3 is 2.56 bits per heavy atom. The van der Waals surface area contributed by atoms with Gasteiger partial charge in [0.25, 0.3) is 0 Å². The van der Waals surface area contributed by atoms with Crippen molar-refractivity contribution in [2.75, 3.05) is 24.5 Å². The molecular formula is C14H21N3O. The molecule has 1 heterocycles. The summed E-state index contributed by atoms with van der Waals surface area (Å²) < 4.78 is 0.